The maximum Gasteiger partial charge on any atom is 0.302 e. The minimum atomic E-state index is -0.307. The second kappa shape index (κ2) is 7.75. The van der Waals surface area contributed by atoms with Gasteiger partial charge in [-0.05, 0) is 91.3 Å². The third kappa shape index (κ3) is 2.95. The molecule has 1 heterocycles. The monoisotopic (exact) mass is 516 g/mol. The van der Waals surface area contributed by atoms with E-state index in [2.05, 4.69) is 55.4 Å². The van der Waals surface area contributed by atoms with E-state index in [0.717, 1.165) is 25.7 Å². The molecule has 6 aliphatic rings. The minimum absolute atomic E-state index is 0.00469. The van der Waals surface area contributed by atoms with Gasteiger partial charge in [0.25, 0.3) is 0 Å². The van der Waals surface area contributed by atoms with Crippen LogP contribution in [0.3, 0.4) is 0 Å². The number of hydrogen-bond donors (Lipinski definition) is 1. The van der Waals surface area contributed by atoms with Gasteiger partial charge < -0.3 is 9.47 Å². The summed E-state index contributed by atoms with van der Waals surface area (Å²) in [5.41, 5.74) is -0.00336. The number of rotatable bonds is 2. The fourth-order valence-electron chi connectivity index (χ4n) is 12.6. The molecule has 5 aliphatic carbocycles. The van der Waals surface area contributed by atoms with Crippen LogP contribution in [0.25, 0.3) is 0 Å². The Morgan fingerprint density at radius 2 is 1.59 bits per heavy atom. The van der Waals surface area contributed by atoms with Gasteiger partial charge in [-0.1, -0.05) is 55.4 Å². The average Bonchev–Trinajstić information content (AvgIpc) is 3.54. The number of esters is 1. The van der Waals surface area contributed by atoms with E-state index in [1.807, 2.05) is 0 Å². The molecule has 0 aromatic carbocycles. The molecule has 210 valence electrons. The topological polar surface area (TPSA) is 68.3 Å². The summed E-state index contributed by atoms with van der Waals surface area (Å²) in [6.45, 7) is 21.2. The van der Waals surface area contributed by atoms with Crippen molar-refractivity contribution in [1.82, 2.24) is 0 Å². The van der Waals surface area contributed by atoms with Crippen LogP contribution in [0.5, 0.6) is 0 Å². The molecule has 1 N–H and O–H groups in total. The predicted molar refractivity (Wildman–Crippen MR) is 143 cm³/mol. The maximum absolute atomic E-state index is 12.0. The van der Waals surface area contributed by atoms with Crippen molar-refractivity contribution in [2.45, 2.75) is 138 Å². The smallest absolute Gasteiger partial charge is 0.302 e. The lowest BCUT2D eigenvalue weighted by Gasteiger charge is -2.73. The molecule has 13 atom stereocenters. The molecule has 5 saturated carbocycles. The molecular weight excluding hydrogens is 464 g/mol. The first-order chi connectivity index (χ1) is 17.1. The van der Waals surface area contributed by atoms with E-state index in [9.17, 15) is 10.1 Å². The molecule has 0 amide bonds. The van der Waals surface area contributed by atoms with Crippen molar-refractivity contribution in [3.05, 3.63) is 0 Å². The van der Waals surface area contributed by atoms with Gasteiger partial charge in [0.1, 0.15) is 23.9 Å². The van der Waals surface area contributed by atoms with Crippen LogP contribution in [-0.4, -0.2) is 35.1 Å². The molecule has 5 nitrogen and oxygen atoms in total. The van der Waals surface area contributed by atoms with Crippen LogP contribution in [0.4, 0.5) is 0 Å². The van der Waals surface area contributed by atoms with Gasteiger partial charge in [-0.3, -0.25) is 10.1 Å². The van der Waals surface area contributed by atoms with Crippen molar-refractivity contribution < 1.29 is 24.4 Å². The molecule has 6 rings (SSSR count). The Hall–Kier alpha value is -0.650. The molecule has 0 radical (unpaired) electrons. The highest BCUT2D eigenvalue weighted by atomic mass is 17.1. The van der Waals surface area contributed by atoms with Gasteiger partial charge in [0, 0.05) is 23.7 Å². The van der Waals surface area contributed by atoms with Crippen LogP contribution >= 0.6 is 0 Å². The summed E-state index contributed by atoms with van der Waals surface area (Å²) >= 11 is 0. The second-order valence-electron chi connectivity index (χ2n) is 16.2. The third-order valence-corrected chi connectivity index (χ3v) is 14.7. The molecule has 37 heavy (non-hydrogen) atoms. The Morgan fingerprint density at radius 3 is 2.24 bits per heavy atom. The lowest BCUT2D eigenvalue weighted by Crippen LogP contribution is -2.74. The van der Waals surface area contributed by atoms with E-state index in [-0.39, 0.29) is 57.5 Å². The summed E-state index contributed by atoms with van der Waals surface area (Å²) in [5.74, 6) is 2.22. The molecule has 0 aromatic heterocycles. The summed E-state index contributed by atoms with van der Waals surface area (Å²) in [4.78, 5) is 17.6. The molecule has 0 unspecified atom stereocenters. The third-order valence-electron chi connectivity index (χ3n) is 14.7. The van der Waals surface area contributed by atoms with Crippen molar-refractivity contribution in [2.75, 3.05) is 0 Å². The van der Waals surface area contributed by atoms with Crippen LogP contribution in [0.2, 0.25) is 0 Å². The first-order valence-electron chi connectivity index (χ1n) is 15.3. The van der Waals surface area contributed by atoms with Crippen LogP contribution in [-0.2, 0) is 19.2 Å². The van der Waals surface area contributed by atoms with Gasteiger partial charge in [-0.2, -0.15) is 0 Å². The Labute approximate surface area is 224 Å². The van der Waals surface area contributed by atoms with E-state index in [1.165, 1.54) is 32.6 Å². The van der Waals surface area contributed by atoms with Gasteiger partial charge >= 0.3 is 5.97 Å². The average molecular weight is 517 g/mol. The molecular formula is C32H52O5. The van der Waals surface area contributed by atoms with Gasteiger partial charge in [-0.25, -0.2) is 4.89 Å². The molecule has 1 saturated heterocycles. The summed E-state index contributed by atoms with van der Waals surface area (Å²) < 4.78 is 13.0. The lowest BCUT2D eigenvalue weighted by atomic mass is 9.30. The summed E-state index contributed by atoms with van der Waals surface area (Å²) in [6.07, 6.45) is 8.75. The highest BCUT2D eigenvalue weighted by molar-refractivity contribution is 5.66. The van der Waals surface area contributed by atoms with Crippen molar-refractivity contribution in [3.8, 4) is 0 Å². The molecule has 0 aromatic rings. The van der Waals surface area contributed by atoms with Crippen molar-refractivity contribution >= 4 is 5.97 Å². The first kappa shape index (κ1) is 26.6. The van der Waals surface area contributed by atoms with Crippen LogP contribution in [0.1, 0.15) is 114 Å². The van der Waals surface area contributed by atoms with Crippen LogP contribution < -0.4 is 0 Å². The van der Waals surface area contributed by atoms with Gasteiger partial charge in [0.15, 0.2) is 0 Å². The predicted octanol–water partition coefficient (Wildman–Crippen LogP) is 7.27. The van der Waals surface area contributed by atoms with Gasteiger partial charge in [0.2, 0.25) is 0 Å². The highest BCUT2D eigenvalue weighted by Gasteiger charge is 2.87. The van der Waals surface area contributed by atoms with Crippen molar-refractivity contribution in [2.24, 2.45) is 56.7 Å². The van der Waals surface area contributed by atoms with E-state index < -0.39 is 0 Å². The first-order valence-corrected chi connectivity index (χ1v) is 15.3. The summed E-state index contributed by atoms with van der Waals surface area (Å²) in [5, 5.41) is 10.6. The van der Waals surface area contributed by atoms with E-state index >= 15 is 0 Å². The number of carbonyl (C=O) groups excluding carboxylic acids is 1. The summed E-state index contributed by atoms with van der Waals surface area (Å²) in [6, 6.07) is 0. The second-order valence-corrected chi connectivity index (χ2v) is 16.2. The zero-order chi connectivity index (χ0) is 27.0. The van der Waals surface area contributed by atoms with E-state index in [1.54, 1.807) is 0 Å². The highest BCUT2D eigenvalue weighted by Crippen LogP contribution is 2.83. The number of epoxide rings is 1. The lowest BCUT2D eigenvalue weighted by molar-refractivity contribution is -0.349. The maximum atomic E-state index is 12.0. The van der Waals surface area contributed by atoms with Crippen molar-refractivity contribution in [1.29, 1.82) is 0 Å². The van der Waals surface area contributed by atoms with E-state index in [0.29, 0.717) is 29.1 Å². The largest absolute Gasteiger partial charge is 0.462 e. The molecule has 1 spiro atoms. The van der Waals surface area contributed by atoms with Gasteiger partial charge in [-0.15, -0.1) is 0 Å². The van der Waals surface area contributed by atoms with Gasteiger partial charge in [0.05, 0.1) is 0 Å². The normalized spacial score (nSPS) is 59.6. The summed E-state index contributed by atoms with van der Waals surface area (Å²) in [7, 11) is 0. The molecule has 0 bridgehead atoms. The fraction of sp³-hybridized carbons (Fsp3) is 0.969. The van der Waals surface area contributed by atoms with Crippen LogP contribution in [0, 0.1) is 56.7 Å². The number of carbonyl (C=O) groups is 1. The number of fused-ring (bicyclic) bond motifs is 5. The number of ether oxygens (including phenoxy) is 2. The quantitative estimate of drug-likeness (QED) is 0.181. The van der Waals surface area contributed by atoms with Crippen molar-refractivity contribution in [3.63, 3.8) is 0 Å². The molecule has 1 aliphatic heterocycles. The standard InChI is InChI=1S/C32H52O5/c1-18-10-13-28(6)16-17-31(9)30(8)15-11-21-27(4,5)22(35-20(3)33)12-14-29(21,7)25(30)23(37-34)26-32(31,36-26)24(28)19(18)2/h18-19,21-26,34H,10-17H2,1-9H3/t18-,19+,21+,22+,23+,24-,25-,26-,28-,29+,30-,31+,32-/m1/s1. The molecule has 5 heteroatoms. The number of hydrogen-bond acceptors (Lipinski definition) is 5. The minimum Gasteiger partial charge on any atom is -0.462 e. The molecule has 6 fully saturated rings. The van der Waals surface area contributed by atoms with Crippen LogP contribution in [0.15, 0.2) is 0 Å². The Morgan fingerprint density at radius 1 is 0.892 bits per heavy atom. The Balaban J connectivity index is 1.45. The SMILES string of the molecule is CC(=O)O[C@H]1CC[C@]2(C)[C@H]3[C@H](OO)[C@H]4O[C@]45[C@@H]4[C@@H](C)[C@H](C)CC[C@]4(C)CC[C@@]5(C)[C@]3(C)CC[C@H]2C1(C)C. The zero-order valence-corrected chi connectivity index (χ0v) is 24.9. The van der Waals surface area contributed by atoms with E-state index in [4.69, 9.17) is 14.4 Å². The Kier molecular flexibility index (Phi) is 5.57. The Bertz CT molecular complexity index is 978. The zero-order valence-electron chi connectivity index (χ0n) is 24.9. The fourth-order valence-corrected chi connectivity index (χ4v) is 12.6.